The maximum Gasteiger partial charge on any atom is 0.387 e. The zero-order valence-corrected chi connectivity index (χ0v) is 8.57. The van der Waals surface area contributed by atoms with Gasteiger partial charge in [0.15, 0.2) is 0 Å². The van der Waals surface area contributed by atoms with Crippen molar-refractivity contribution in [3.63, 3.8) is 0 Å². The molecular formula is C10H8F2N4O. The van der Waals surface area contributed by atoms with Crippen LogP contribution in [0.15, 0.2) is 42.0 Å². The fourth-order valence-electron chi connectivity index (χ4n) is 1.12. The van der Waals surface area contributed by atoms with Crippen LogP contribution in [0.5, 0.6) is 5.75 Å². The molecule has 0 aliphatic heterocycles. The Morgan fingerprint density at radius 3 is 2.41 bits per heavy atom. The van der Waals surface area contributed by atoms with Gasteiger partial charge >= 0.3 is 6.61 Å². The van der Waals surface area contributed by atoms with Crippen LogP contribution in [0.4, 0.5) is 8.78 Å². The first-order valence-electron chi connectivity index (χ1n) is 4.68. The largest absolute Gasteiger partial charge is 0.435 e. The lowest BCUT2D eigenvalue weighted by Crippen LogP contribution is -2.01. The van der Waals surface area contributed by atoms with E-state index in [2.05, 4.69) is 20.0 Å². The van der Waals surface area contributed by atoms with Crippen LogP contribution < -0.4 is 4.74 Å². The van der Waals surface area contributed by atoms with E-state index in [1.165, 1.54) is 29.5 Å². The standard InChI is InChI=1S/C10H8F2N4O/c11-10(12)17-9-3-1-8(2-4-9)5-15-16-6-13-14-7-16/h1-7,10H. The molecule has 0 spiro atoms. The smallest absolute Gasteiger partial charge is 0.387 e. The molecule has 0 N–H and O–H groups in total. The van der Waals surface area contributed by atoms with Gasteiger partial charge < -0.3 is 4.74 Å². The molecule has 0 aliphatic rings. The van der Waals surface area contributed by atoms with E-state index >= 15 is 0 Å². The Kier molecular flexibility index (Phi) is 3.39. The van der Waals surface area contributed by atoms with E-state index in [4.69, 9.17) is 0 Å². The van der Waals surface area contributed by atoms with Gasteiger partial charge in [-0.15, -0.1) is 10.2 Å². The Morgan fingerprint density at radius 2 is 1.82 bits per heavy atom. The first-order valence-corrected chi connectivity index (χ1v) is 4.68. The average Bonchev–Trinajstić information content (AvgIpc) is 2.80. The van der Waals surface area contributed by atoms with Crippen molar-refractivity contribution in [3.05, 3.63) is 42.5 Å². The first-order chi connectivity index (χ1) is 8.24. The minimum Gasteiger partial charge on any atom is -0.435 e. The van der Waals surface area contributed by atoms with Crippen molar-refractivity contribution in [1.82, 2.24) is 14.9 Å². The number of benzene rings is 1. The first kappa shape index (κ1) is 11.2. The predicted octanol–water partition coefficient (Wildman–Crippen LogP) is 1.76. The van der Waals surface area contributed by atoms with Gasteiger partial charge in [-0.3, -0.25) is 0 Å². The summed E-state index contributed by atoms with van der Waals surface area (Å²) in [7, 11) is 0. The lowest BCUT2D eigenvalue weighted by molar-refractivity contribution is -0.0498. The van der Waals surface area contributed by atoms with Gasteiger partial charge in [0.2, 0.25) is 0 Å². The number of nitrogens with zero attached hydrogens (tertiary/aromatic N) is 4. The van der Waals surface area contributed by atoms with Crippen molar-refractivity contribution in [2.24, 2.45) is 5.10 Å². The Bertz CT molecular complexity index is 482. The van der Waals surface area contributed by atoms with Crippen LogP contribution in [0.1, 0.15) is 5.56 Å². The summed E-state index contributed by atoms with van der Waals surface area (Å²) in [6.07, 6.45) is 4.42. The van der Waals surface area contributed by atoms with E-state index in [9.17, 15) is 8.78 Å². The van der Waals surface area contributed by atoms with Gasteiger partial charge in [-0.25, -0.2) is 4.68 Å². The van der Waals surface area contributed by atoms with Crippen LogP contribution in [0.3, 0.4) is 0 Å². The Labute approximate surface area is 95.4 Å². The summed E-state index contributed by atoms with van der Waals surface area (Å²) < 4.78 is 29.4. The minimum absolute atomic E-state index is 0.112. The highest BCUT2D eigenvalue weighted by atomic mass is 19.3. The second kappa shape index (κ2) is 5.15. The molecule has 0 unspecified atom stereocenters. The monoisotopic (exact) mass is 238 g/mol. The van der Waals surface area contributed by atoms with Crippen molar-refractivity contribution >= 4 is 6.21 Å². The molecule has 17 heavy (non-hydrogen) atoms. The highest BCUT2D eigenvalue weighted by Crippen LogP contribution is 2.13. The molecule has 0 fully saturated rings. The normalized spacial score (nSPS) is 11.2. The summed E-state index contributed by atoms with van der Waals surface area (Å²) in [4.78, 5) is 0. The van der Waals surface area contributed by atoms with Gasteiger partial charge in [-0.2, -0.15) is 13.9 Å². The van der Waals surface area contributed by atoms with E-state index in [1.54, 1.807) is 18.3 Å². The van der Waals surface area contributed by atoms with Crippen molar-refractivity contribution in [3.8, 4) is 5.75 Å². The number of hydrogen-bond acceptors (Lipinski definition) is 4. The number of alkyl halides is 2. The van der Waals surface area contributed by atoms with E-state index in [0.717, 1.165) is 5.56 Å². The summed E-state index contributed by atoms with van der Waals surface area (Å²) in [6, 6.07) is 6.12. The molecule has 2 aromatic rings. The number of ether oxygens (including phenoxy) is 1. The molecule has 0 amide bonds. The van der Waals surface area contributed by atoms with Gasteiger partial charge in [0.05, 0.1) is 6.21 Å². The van der Waals surface area contributed by atoms with E-state index < -0.39 is 6.61 Å². The molecule has 5 nitrogen and oxygen atoms in total. The fourth-order valence-corrected chi connectivity index (χ4v) is 1.12. The number of hydrogen-bond donors (Lipinski definition) is 0. The van der Waals surface area contributed by atoms with Crippen LogP contribution in [-0.4, -0.2) is 27.7 Å². The minimum atomic E-state index is -2.81. The lowest BCUT2D eigenvalue weighted by Gasteiger charge is -2.03. The summed E-state index contributed by atoms with van der Waals surface area (Å²) in [5.74, 6) is 0.112. The third-order valence-electron chi connectivity index (χ3n) is 1.85. The molecular weight excluding hydrogens is 230 g/mol. The molecule has 1 aromatic heterocycles. The Balaban J connectivity index is 2.03. The van der Waals surface area contributed by atoms with Gasteiger partial charge in [0.25, 0.3) is 0 Å². The average molecular weight is 238 g/mol. The second-order valence-corrected chi connectivity index (χ2v) is 3.03. The van der Waals surface area contributed by atoms with Crippen molar-refractivity contribution in [2.75, 3.05) is 0 Å². The van der Waals surface area contributed by atoms with Gasteiger partial charge in [0.1, 0.15) is 18.4 Å². The number of rotatable bonds is 4. The van der Waals surface area contributed by atoms with Gasteiger partial charge in [-0.1, -0.05) is 0 Å². The predicted molar refractivity (Wildman–Crippen MR) is 56.1 cm³/mol. The molecule has 0 saturated heterocycles. The summed E-state index contributed by atoms with van der Waals surface area (Å²) in [5.41, 5.74) is 0.750. The molecule has 0 bridgehead atoms. The maximum atomic E-state index is 11.9. The van der Waals surface area contributed by atoms with Crippen LogP contribution in [-0.2, 0) is 0 Å². The van der Waals surface area contributed by atoms with Gasteiger partial charge in [0, 0.05) is 0 Å². The van der Waals surface area contributed by atoms with Crippen molar-refractivity contribution < 1.29 is 13.5 Å². The summed E-state index contributed by atoms with van der Waals surface area (Å²) in [5, 5.41) is 11.2. The molecule has 0 atom stereocenters. The number of aromatic nitrogens is 3. The van der Waals surface area contributed by atoms with E-state index in [0.29, 0.717) is 0 Å². The molecule has 1 heterocycles. The van der Waals surface area contributed by atoms with Crippen LogP contribution in [0.25, 0.3) is 0 Å². The van der Waals surface area contributed by atoms with Gasteiger partial charge in [-0.05, 0) is 29.8 Å². The highest BCUT2D eigenvalue weighted by molar-refractivity contribution is 5.79. The second-order valence-electron chi connectivity index (χ2n) is 3.03. The Hall–Kier alpha value is -2.31. The Morgan fingerprint density at radius 1 is 1.18 bits per heavy atom. The molecule has 2 rings (SSSR count). The molecule has 7 heteroatoms. The topological polar surface area (TPSA) is 52.3 Å². The SMILES string of the molecule is FC(F)Oc1ccc(C=Nn2cnnc2)cc1. The van der Waals surface area contributed by atoms with Crippen molar-refractivity contribution in [1.29, 1.82) is 0 Å². The van der Waals surface area contributed by atoms with Crippen LogP contribution in [0, 0.1) is 0 Å². The molecule has 0 saturated carbocycles. The van der Waals surface area contributed by atoms with Crippen molar-refractivity contribution in [2.45, 2.75) is 6.61 Å². The lowest BCUT2D eigenvalue weighted by atomic mass is 10.2. The fraction of sp³-hybridized carbons (Fsp3) is 0.100. The molecule has 0 radical (unpaired) electrons. The van der Waals surface area contributed by atoms with Crippen LogP contribution >= 0.6 is 0 Å². The maximum absolute atomic E-state index is 11.9. The third kappa shape index (κ3) is 3.33. The molecule has 88 valence electrons. The van der Waals surface area contributed by atoms with E-state index in [1.807, 2.05) is 0 Å². The quantitative estimate of drug-likeness (QED) is 0.762. The summed E-state index contributed by atoms with van der Waals surface area (Å²) >= 11 is 0. The highest BCUT2D eigenvalue weighted by Gasteiger charge is 2.02. The van der Waals surface area contributed by atoms with Crippen LogP contribution in [0.2, 0.25) is 0 Å². The van der Waals surface area contributed by atoms with E-state index in [-0.39, 0.29) is 5.75 Å². The third-order valence-corrected chi connectivity index (χ3v) is 1.85. The number of halogens is 2. The molecule has 1 aromatic carbocycles. The summed E-state index contributed by atoms with van der Waals surface area (Å²) in [6.45, 7) is -2.81. The zero-order valence-electron chi connectivity index (χ0n) is 8.57. The zero-order chi connectivity index (χ0) is 12.1. The molecule has 0 aliphatic carbocycles.